The molecule has 7 heteroatoms. The lowest BCUT2D eigenvalue weighted by Gasteiger charge is -2.24. The molecule has 18 heavy (non-hydrogen) atoms. The van der Waals surface area contributed by atoms with Gasteiger partial charge in [-0.2, -0.15) is 4.31 Å². The molecule has 0 bridgehead atoms. The van der Waals surface area contributed by atoms with Gasteiger partial charge in [-0.05, 0) is 41.1 Å². The molecule has 0 heterocycles. The Bertz CT molecular complexity index is 519. The minimum absolute atomic E-state index is 0.160. The summed E-state index contributed by atoms with van der Waals surface area (Å²) in [5.41, 5.74) is 6.04. The normalized spacial score (nSPS) is 13.8. The number of nitrogens with zero attached hydrogens (tertiary/aromatic N) is 1. The van der Waals surface area contributed by atoms with Crippen LogP contribution < -0.4 is 5.73 Å². The van der Waals surface area contributed by atoms with Gasteiger partial charge < -0.3 is 10.5 Å². The standard InChI is InChI=1S/C11H17BrN2O3S/c1-8(7-17-3)14(2)18(15,16)11-6-9(13)4-5-10(11)12/h4-6,8H,7,13H2,1-3H3. The molecule has 0 spiro atoms. The van der Waals surface area contributed by atoms with E-state index in [2.05, 4.69) is 15.9 Å². The van der Waals surface area contributed by atoms with E-state index in [1.165, 1.54) is 24.5 Å². The minimum atomic E-state index is -3.59. The highest BCUT2D eigenvalue weighted by Gasteiger charge is 2.27. The van der Waals surface area contributed by atoms with Crippen molar-refractivity contribution in [3.05, 3.63) is 22.7 Å². The molecular formula is C11H17BrN2O3S. The molecule has 5 nitrogen and oxygen atoms in total. The number of sulfonamides is 1. The lowest BCUT2D eigenvalue weighted by atomic mass is 10.3. The fourth-order valence-electron chi connectivity index (χ4n) is 1.46. The molecule has 0 aliphatic rings. The van der Waals surface area contributed by atoms with Crippen LogP contribution in [0.1, 0.15) is 6.92 Å². The van der Waals surface area contributed by atoms with E-state index in [0.29, 0.717) is 16.8 Å². The van der Waals surface area contributed by atoms with Gasteiger partial charge in [0.25, 0.3) is 0 Å². The van der Waals surface area contributed by atoms with Crippen molar-refractivity contribution in [2.24, 2.45) is 0 Å². The van der Waals surface area contributed by atoms with Gasteiger partial charge in [0.1, 0.15) is 0 Å². The molecule has 1 unspecified atom stereocenters. The molecule has 0 aliphatic carbocycles. The van der Waals surface area contributed by atoms with Crippen molar-refractivity contribution < 1.29 is 13.2 Å². The number of methoxy groups -OCH3 is 1. The van der Waals surface area contributed by atoms with Crippen LogP contribution in [0.5, 0.6) is 0 Å². The first-order valence-corrected chi connectivity index (χ1v) is 7.56. The number of nitrogens with two attached hydrogens (primary N) is 1. The number of nitrogen functional groups attached to an aromatic ring is 1. The van der Waals surface area contributed by atoms with E-state index < -0.39 is 10.0 Å². The number of halogens is 1. The van der Waals surface area contributed by atoms with Crippen molar-refractivity contribution in [2.45, 2.75) is 17.9 Å². The molecule has 1 aromatic rings. The van der Waals surface area contributed by atoms with Gasteiger partial charge in [-0.3, -0.25) is 0 Å². The maximum atomic E-state index is 12.4. The quantitative estimate of drug-likeness (QED) is 0.830. The smallest absolute Gasteiger partial charge is 0.244 e. The van der Waals surface area contributed by atoms with Gasteiger partial charge in [-0.1, -0.05) is 0 Å². The van der Waals surface area contributed by atoms with E-state index in [1.807, 2.05) is 0 Å². The number of benzene rings is 1. The summed E-state index contributed by atoms with van der Waals surface area (Å²) in [5, 5.41) is 0. The Morgan fingerprint density at radius 2 is 2.11 bits per heavy atom. The summed E-state index contributed by atoms with van der Waals surface area (Å²) in [6.07, 6.45) is 0. The summed E-state index contributed by atoms with van der Waals surface area (Å²) in [7, 11) is -0.530. The third kappa shape index (κ3) is 3.23. The van der Waals surface area contributed by atoms with Crippen LogP contribution in [0.3, 0.4) is 0 Å². The van der Waals surface area contributed by atoms with Gasteiger partial charge in [0.05, 0.1) is 11.5 Å². The molecule has 0 aliphatic heterocycles. The van der Waals surface area contributed by atoms with Crippen molar-refractivity contribution in [2.75, 3.05) is 26.5 Å². The van der Waals surface area contributed by atoms with Gasteiger partial charge in [0, 0.05) is 30.4 Å². The summed E-state index contributed by atoms with van der Waals surface area (Å²) >= 11 is 3.23. The lowest BCUT2D eigenvalue weighted by Crippen LogP contribution is -2.37. The van der Waals surface area contributed by atoms with Crippen molar-refractivity contribution in [3.63, 3.8) is 0 Å². The first kappa shape index (κ1) is 15.4. The van der Waals surface area contributed by atoms with Gasteiger partial charge >= 0.3 is 0 Å². The molecule has 0 amide bonds. The number of ether oxygens (including phenoxy) is 1. The van der Waals surface area contributed by atoms with Crippen LogP contribution in [-0.4, -0.2) is 39.5 Å². The summed E-state index contributed by atoms with van der Waals surface area (Å²) in [5.74, 6) is 0. The van der Waals surface area contributed by atoms with Crippen molar-refractivity contribution in [1.82, 2.24) is 4.31 Å². The Balaban J connectivity index is 3.17. The van der Waals surface area contributed by atoms with Crippen LogP contribution in [0, 0.1) is 0 Å². The number of likely N-dealkylation sites (N-methyl/N-ethyl adjacent to an activating group) is 1. The summed E-state index contributed by atoms with van der Waals surface area (Å²) < 4.78 is 31.5. The van der Waals surface area contributed by atoms with Crippen LogP contribution in [0.2, 0.25) is 0 Å². The highest BCUT2D eigenvalue weighted by atomic mass is 79.9. The zero-order valence-electron chi connectivity index (χ0n) is 10.6. The zero-order valence-corrected chi connectivity index (χ0v) is 13.0. The average Bonchev–Trinajstić information content (AvgIpc) is 2.31. The van der Waals surface area contributed by atoms with Gasteiger partial charge in [0.15, 0.2) is 0 Å². The summed E-state index contributed by atoms with van der Waals surface area (Å²) in [6, 6.07) is 4.45. The van der Waals surface area contributed by atoms with Crippen molar-refractivity contribution >= 4 is 31.6 Å². The van der Waals surface area contributed by atoms with Crippen LogP contribution in [-0.2, 0) is 14.8 Å². The van der Waals surface area contributed by atoms with Crippen molar-refractivity contribution in [3.8, 4) is 0 Å². The maximum Gasteiger partial charge on any atom is 0.244 e. The van der Waals surface area contributed by atoms with Crippen LogP contribution in [0.25, 0.3) is 0 Å². The number of rotatable bonds is 5. The van der Waals surface area contributed by atoms with E-state index in [9.17, 15) is 8.42 Å². The lowest BCUT2D eigenvalue weighted by molar-refractivity contribution is 0.149. The Hall–Kier alpha value is -0.630. The summed E-state index contributed by atoms with van der Waals surface area (Å²) in [6.45, 7) is 2.11. The fourth-order valence-corrected chi connectivity index (χ4v) is 3.76. The van der Waals surface area contributed by atoms with Crippen LogP contribution >= 0.6 is 15.9 Å². The third-order valence-corrected chi connectivity index (χ3v) is 5.61. The van der Waals surface area contributed by atoms with E-state index >= 15 is 0 Å². The highest BCUT2D eigenvalue weighted by molar-refractivity contribution is 9.10. The molecule has 0 fully saturated rings. The molecule has 2 N–H and O–H groups in total. The van der Waals surface area contributed by atoms with E-state index in [-0.39, 0.29) is 10.9 Å². The predicted molar refractivity (Wildman–Crippen MR) is 74.8 cm³/mol. The van der Waals surface area contributed by atoms with Gasteiger partial charge in [-0.15, -0.1) is 0 Å². The largest absolute Gasteiger partial charge is 0.399 e. The topological polar surface area (TPSA) is 72.6 Å². The second kappa shape index (κ2) is 6.01. The molecule has 1 rings (SSSR count). The Labute approximate surface area is 116 Å². The molecule has 0 radical (unpaired) electrons. The molecule has 1 aromatic carbocycles. The van der Waals surface area contributed by atoms with Crippen LogP contribution in [0.15, 0.2) is 27.6 Å². The molecule has 0 saturated heterocycles. The van der Waals surface area contributed by atoms with E-state index in [1.54, 1.807) is 19.1 Å². The second-order valence-corrected chi connectivity index (χ2v) is 6.84. The third-order valence-electron chi connectivity index (χ3n) is 2.64. The maximum absolute atomic E-state index is 12.4. The predicted octanol–water partition coefficient (Wildman–Crippen LogP) is 1.69. The zero-order chi connectivity index (χ0) is 13.9. The van der Waals surface area contributed by atoms with Gasteiger partial charge in [-0.25, -0.2) is 8.42 Å². The first-order chi connectivity index (χ1) is 8.30. The van der Waals surface area contributed by atoms with E-state index in [4.69, 9.17) is 10.5 Å². The average molecular weight is 337 g/mol. The molecule has 1 atom stereocenters. The minimum Gasteiger partial charge on any atom is -0.399 e. The molecule has 0 saturated carbocycles. The number of hydrogen-bond donors (Lipinski definition) is 1. The summed E-state index contributed by atoms with van der Waals surface area (Å²) in [4.78, 5) is 0.160. The molecular weight excluding hydrogens is 320 g/mol. The second-order valence-electron chi connectivity index (χ2n) is 4.02. The Morgan fingerprint density at radius 1 is 1.50 bits per heavy atom. The highest BCUT2D eigenvalue weighted by Crippen LogP contribution is 2.27. The van der Waals surface area contributed by atoms with Crippen LogP contribution in [0.4, 0.5) is 5.69 Å². The molecule has 102 valence electrons. The van der Waals surface area contributed by atoms with Gasteiger partial charge in [0.2, 0.25) is 10.0 Å². The Morgan fingerprint density at radius 3 is 2.67 bits per heavy atom. The first-order valence-electron chi connectivity index (χ1n) is 5.32. The Kier molecular flexibility index (Phi) is 5.15. The molecule has 0 aromatic heterocycles. The SMILES string of the molecule is COCC(C)N(C)S(=O)(=O)c1cc(N)ccc1Br. The number of anilines is 1. The fraction of sp³-hybridized carbons (Fsp3) is 0.455. The van der Waals surface area contributed by atoms with Crippen molar-refractivity contribution in [1.29, 1.82) is 0 Å². The van der Waals surface area contributed by atoms with E-state index in [0.717, 1.165) is 0 Å². The number of hydrogen-bond acceptors (Lipinski definition) is 4. The monoisotopic (exact) mass is 336 g/mol.